The Morgan fingerprint density at radius 1 is 1.25 bits per heavy atom. The second kappa shape index (κ2) is 5.79. The van der Waals surface area contributed by atoms with Crippen molar-refractivity contribution in [3.63, 3.8) is 0 Å². The molecule has 0 aliphatic carbocycles. The number of rotatable bonds is 4. The lowest BCUT2D eigenvalue weighted by atomic mass is 9.90. The van der Waals surface area contributed by atoms with Gasteiger partial charge in [-0.05, 0) is 37.6 Å². The van der Waals surface area contributed by atoms with Gasteiger partial charge >= 0.3 is 0 Å². The Morgan fingerprint density at radius 3 is 2.30 bits per heavy atom. The minimum atomic E-state index is -2.91. The molecular weight excluding hydrogens is 279 g/mol. The van der Waals surface area contributed by atoms with Crippen LogP contribution in [-0.2, 0) is 16.4 Å². The van der Waals surface area contributed by atoms with Crippen LogP contribution in [0.3, 0.4) is 0 Å². The second-order valence-electron chi connectivity index (χ2n) is 5.56. The SMILES string of the molecule is CN(Cc1ccc(F)cc1)C1(CN)CCS(=O)(=O)CC1. The maximum Gasteiger partial charge on any atom is 0.150 e. The summed E-state index contributed by atoms with van der Waals surface area (Å²) in [5.74, 6) is 0.129. The van der Waals surface area contributed by atoms with Crippen molar-refractivity contribution >= 4 is 9.84 Å². The van der Waals surface area contributed by atoms with Gasteiger partial charge < -0.3 is 5.73 Å². The van der Waals surface area contributed by atoms with Gasteiger partial charge in [-0.3, -0.25) is 4.90 Å². The smallest absolute Gasteiger partial charge is 0.150 e. The molecule has 1 aliphatic rings. The van der Waals surface area contributed by atoms with E-state index in [1.807, 2.05) is 7.05 Å². The van der Waals surface area contributed by atoms with E-state index in [1.165, 1.54) is 12.1 Å². The fraction of sp³-hybridized carbons (Fsp3) is 0.571. The zero-order valence-corrected chi connectivity index (χ0v) is 12.5. The first-order chi connectivity index (χ1) is 9.37. The molecule has 1 aromatic rings. The largest absolute Gasteiger partial charge is 0.329 e. The molecule has 1 aliphatic heterocycles. The second-order valence-corrected chi connectivity index (χ2v) is 7.87. The Bertz CT molecular complexity index is 543. The van der Waals surface area contributed by atoms with Crippen molar-refractivity contribution in [1.29, 1.82) is 0 Å². The van der Waals surface area contributed by atoms with Gasteiger partial charge in [-0.2, -0.15) is 0 Å². The number of halogens is 1. The summed E-state index contributed by atoms with van der Waals surface area (Å²) in [7, 11) is -0.955. The Hall–Kier alpha value is -0.980. The molecule has 1 fully saturated rings. The fourth-order valence-electron chi connectivity index (χ4n) is 2.69. The molecule has 2 N–H and O–H groups in total. The van der Waals surface area contributed by atoms with E-state index in [2.05, 4.69) is 4.90 Å². The summed E-state index contributed by atoms with van der Waals surface area (Å²) in [5.41, 5.74) is 6.63. The molecule has 0 aromatic heterocycles. The number of hydrogen-bond donors (Lipinski definition) is 1. The molecule has 2 rings (SSSR count). The molecule has 0 spiro atoms. The number of likely N-dealkylation sites (N-methyl/N-ethyl adjacent to an activating group) is 1. The van der Waals surface area contributed by atoms with Crippen LogP contribution in [0.2, 0.25) is 0 Å². The average molecular weight is 300 g/mol. The van der Waals surface area contributed by atoms with Crippen molar-refractivity contribution in [1.82, 2.24) is 4.90 Å². The van der Waals surface area contributed by atoms with Gasteiger partial charge in [0.25, 0.3) is 0 Å². The van der Waals surface area contributed by atoms with E-state index in [1.54, 1.807) is 12.1 Å². The summed E-state index contributed by atoms with van der Waals surface area (Å²) in [4.78, 5) is 2.11. The summed E-state index contributed by atoms with van der Waals surface area (Å²) >= 11 is 0. The molecule has 20 heavy (non-hydrogen) atoms. The van der Waals surface area contributed by atoms with E-state index in [9.17, 15) is 12.8 Å². The molecule has 0 bridgehead atoms. The van der Waals surface area contributed by atoms with Gasteiger partial charge in [-0.1, -0.05) is 12.1 Å². The van der Waals surface area contributed by atoms with Gasteiger partial charge in [-0.25, -0.2) is 12.8 Å². The number of nitrogens with two attached hydrogens (primary N) is 1. The lowest BCUT2D eigenvalue weighted by Gasteiger charge is -2.43. The minimum Gasteiger partial charge on any atom is -0.329 e. The summed E-state index contributed by atoms with van der Waals surface area (Å²) in [5, 5.41) is 0. The monoisotopic (exact) mass is 300 g/mol. The van der Waals surface area contributed by atoms with E-state index in [0.29, 0.717) is 25.9 Å². The van der Waals surface area contributed by atoms with E-state index in [-0.39, 0.29) is 22.9 Å². The highest BCUT2D eigenvalue weighted by Gasteiger charge is 2.39. The van der Waals surface area contributed by atoms with Crippen LogP contribution < -0.4 is 5.73 Å². The molecule has 1 saturated heterocycles. The van der Waals surface area contributed by atoms with Crippen molar-refractivity contribution in [2.45, 2.75) is 24.9 Å². The summed E-state index contributed by atoms with van der Waals surface area (Å²) < 4.78 is 36.0. The quantitative estimate of drug-likeness (QED) is 0.906. The molecule has 112 valence electrons. The Kier molecular flexibility index (Phi) is 4.46. The number of hydrogen-bond acceptors (Lipinski definition) is 4. The van der Waals surface area contributed by atoms with Crippen LogP contribution in [0, 0.1) is 5.82 Å². The molecule has 6 heteroatoms. The lowest BCUT2D eigenvalue weighted by Crippen LogP contribution is -2.55. The zero-order chi connectivity index (χ0) is 14.8. The number of nitrogens with zero attached hydrogens (tertiary/aromatic N) is 1. The van der Waals surface area contributed by atoms with Crippen LogP contribution in [0.4, 0.5) is 4.39 Å². The van der Waals surface area contributed by atoms with Gasteiger partial charge in [0.1, 0.15) is 15.7 Å². The van der Waals surface area contributed by atoms with Crippen molar-refractivity contribution in [3.05, 3.63) is 35.6 Å². The van der Waals surface area contributed by atoms with E-state index in [4.69, 9.17) is 5.73 Å². The van der Waals surface area contributed by atoms with Gasteiger partial charge in [-0.15, -0.1) is 0 Å². The predicted molar refractivity (Wildman–Crippen MR) is 77.5 cm³/mol. The van der Waals surface area contributed by atoms with Gasteiger partial charge in [0.15, 0.2) is 0 Å². The molecular formula is C14H21FN2O2S. The molecule has 0 atom stereocenters. The Balaban J connectivity index is 2.09. The van der Waals surface area contributed by atoms with Crippen molar-refractivity contribution in [2.75, 3.05) is 25.1 Å². The molecule has 0 amide bonds. The normalized spacial score (nSPS) is 21.0. The maximum atomic E-state index is 12.9. The highest BCUT2D eigenvalue weighted by Crippen LogP contribution is 2.29. The third kappa shape index (κ3) is 3.37. The lowest BCUT2D eigenvalue weighted by molar-refractivity contribution is 0.105. The predicted octanol–water partition coefficient (Wildman–Crippen LogP) is 1.16. The van der Waals surface area contributed by atoms with Gasteiger partial charge in [0.2, 0.25) is 0 Å². The topological polar surface area (TPSA) is 63.4 Å². The Labute approximate surface area is 119 Å². The number of sulfone groups is 1. The van der Waals surface area contributed by atoms with E-state index >= 15 is 0 Å². The summed E-state index contributed by atoms with van der Waals surface area (Å²) in [6, 6.07) is 6.36. The zero-order valence-electron chi connectivity index (χ0n) is 11.7. The maximum absolute atomic E-state index is 12.9. The van der Waals surface area contributed by atoms with E-state index < -0.39 is 9.84 Å². The first kappa shape index (κ1) is 15.4. The van der Waals surface area contributed by atoms with Crippen molar-refractivity contribution < 1.29 is 12.8 Å². The van der Waals surface area contributed by atoms with Gasteiger partial charge in [0, 0.05) is 18.6 Å². The van der Waals surface area contributed by atoms with Crippen molar-refractivity contribution in [3.8, 4) is 0 Å². The number of benzene rings is 1. The highest BCUT2D eigenvalue weighted by atomic mass is 32.2. The Morgan fingerprint density at radius 2 is 1.80 bits per heavy atom. The average Bonchev–Trinajstić information content (AvgIpc) is 2.42. The van der Waals surface area contributed by atoms with Crippen LogP contribution in [0.15, 0.2) is 24.3 Å². The van der Waals surface area contributed by atoms with Crippen molar-refractivity contribution in [2.24, 2.45) is 5.73 Å². The standard InChI is InChI=1S/C14H21FN2O2S/c1-17(10-12-2-4-13(15)5-3-12)14(11-16)6-8-20(18,19)9-7-14/h2-5H,6-11,16H2,1H3. The molecule has 0 radical (unpaired) electrons. The van der Waals surface area contributed by atoms with Crippen LogP contribution >= 0.6 is 0 Å². The molecule has 1 heterocycles. The molecule has 0 saturated carbocycles. The van der Waals surface area contributed by atoms with Crippen LogP contribution in [0.1, 0.15) is 18.4 Å². The summed E-state index contributed by atoms with van der Waals surface area (Å²) in [6.45, 7) is 1.07. The fourth-order valence-corrected chi connectivity index (χ4v) is 4.28. The van der Waals surface area contributed by atoms with Crippen LogP contribution in [-0.4, -0.2) is 44.0 Å². The van der Waals surface area contributed by atoms with Crippen LogP contribution in [0.5, 0.6) is 0 Å². The minimum absolute atomic E-state index is 0.192. The van der Waals surface area contributed by atoms with Gasteiger partial charge in [0.05, 0.1) is 11.5 Å². The molecule has 1 aromatic carbocycles. The third-order valence-electron chi connectivity index (χ3n) is 4.28. The van der Waals surface area contributed by atoms with E-state index in [0.717, 1.165) is 5.56 Å². The van der Waals surface area contributed by atoms with Crippen LogP contribution in [0.25, 0.3) is 0 Å². The first-order valence-electron chi connectivity index (χ1n) is 6.73. The highest BCUT2D eigenvalue weighted by molar-refractivity contribution is 7.91. The molecule has 4 nitrogen and oxygen atoms in total. The summed E-state index contributed by atoms with van der Waals surface area (Å²) in [6.07, 6.45) is 1.12. The molecule has 0 unspecified atom stereocenters. The third-order valence-corrected chi connectivity index (χ3v) is 5.93. The first-order valence-corrected chi connectivity index (χ1v) is 8.55.